The topological polar surface area (TPSA) is 53.1 Å². The van der Waals surface area contributed by atoms with Gasteiger partial charge in [0.25, 0.3) is 0 Å². The van der Waals surface area contributed by atoms with Gasteiger partial charge in [0.05, 0.1) is 5.56 Å². The van der Waals surface area contributed by atoms with Crippen molar-refractivity contribution >= 4 is 5.84 Å². The summed E-state index contributed by atoms with van der Waals surface area (Å²) in [5, 5.41) is 7.33. The molecular weight excluding hydrogens is 229 g/mol. The minimum atomic E-state index is -0.360. The number of benzene rings is 1. The molecule has 1 aromatic rings. The molecule has 0 aliphatic heterocycles. The third kappa shape index (κ3) is 2.88. The Morgan fingerprint density at radius 1 is 1.56 bits per heavy atom. The molecule has 2 atom stereocenters. The molecule has 0 aromatic heterocycles. The number of rotatable bonds is 5. The summed E-state index contributed by atoms with van der Waals surface area (Å²) in [5.74, 6) is 0.989. The van der Waals surface area contributed by atoms with Crippen LogP contribution in [0.15, 0.2) is 18.2 Å². The van der Waals surface area contributed by atoms with Crippen LogP contribution in [-0.4, -0.2) is 24.3 Å². The first kappa shape index (κ1) is 13.0. The Morgan fingerprint density at radius 2 is 2.22 bits per heavy atom. The third-order valence-electron chi connectivity index (χ3n) is 3.63. The number of nitrogens with zero attached hydrogens (tertiary/aromatic N) is 1. The average molecular weight is 249 g/mol. The van der Waals surface area contributed by atoms with E-state index in [-0.39, 0.29) is 17.2 Å². The van der Waals surface area contributed by atoms with Crippen molar-refractivity contribution in [1.82, 2.24) is 4.90 Å². The van der Waals surface area contributed by atoms with E-state index in [1.807, 2.05) is 7.05 Å². The summed E-state index contributed by atoms with van der Waals surface area (Å²) in [6, 6.07) is 5.06. The van der Waals surface area contributed by atoms with Crippen LogP contribution in [0.3, 0.4) is 0 Å². The largest absolute Gasteiger partial charge is 0.384 e. The van der Waals surface area contributed by atoms with E-state index in [0.717, 1.165) is 18.4 Å². The number of hydrogen-bond donors (Lipinski definition) is 2. The van der Waals surface area contributed by atoms with Crippen LogP contribution in [0.4, 0.5) is 4.39 Å². The molecule has 0 saturated heterocycles. The van der Waals surface area contributed by atoms with E-state index in [0.29, 0.717) is 12.1 Å². The molecule has 2 rings (SSSR count). The van der Waals surface area contributed by atoms with Gasteiger partial charge in [-0.2, -0.15) is 0 Å². The highest BCUT2D eigenvalue weighted by Crippen LogP contribution is 2.38. The van der Waals surface area contributed by atoms with Gasteiger partial charge in [-0.3, -0.25) is 5.41 Å². The van der Waals surface area contributed by atoms with Crippen LogP contribution in [0.1, 0.15) is 24.5 Å². The molecule has 0 heterocycles. The zero-order valence-electron chi connectivity index (χ0n) is 10.9. The molecule has 98 valence electrons. The number of nitrogens with two attached hydrogens (primary N) is 1. The Hall–Kier alpha value is -1.42. The first-order chi connectivity index (χ1) is 8.49. The highest BCUT2D eigenvalue weighted by Gasteiger charge is 2.33. The van der Waals surface area contributed by atoms with Gasteiger partial charge in [0.15, 0.2) is 0 Å². The molecule has 3 nitrogen and oxygen atoms in total. The lowest BCUT2D eigenvalue weighted by Gasteiger charge is -2.17. The van der Waals surface area contributed by atoms with Crippen LogP contribution in [0.5, 0.6) is 0 Å². The average Bonchev–Trinajstić information content (AvgIpc) is 2.96. The predicted octanol–water partition coefficient (Wildman–Crippen LogP) is 2.20. The summed E-state index contributed by atoms with van der Waals surface area (Å²) in [6.45, 7) is 3.82. The van der Waals surface area contributed by atoms with Crippen molar-refractivity contribution < 1.29 is 4.39 Å². The summed E-state index contributed by atoms with van der Waals surface area (Å²) >= 11 is 0. The van der Waals surface area contributed by atoms with E-state index in [1.54, 1.807) is 18.2 Å². The van der Waals surface area contributed by atoms with E-state index in [9.17, 15) is 4.39 Å². The molecule has 0 amide bonds. The molecule has 0 bridgehead atoms. The molecule has 3 N–H and O–H groups in total. The van der Waals surface area contributed by atoms with E-state index < -0.39 is 0 Å². The zero-order valence-corrected chi connectivity index (χ0v) is 10.9. The molecule has 1 fully saturated rings. The molecule has 4 heteroatoms. The van der Waals surface area contributed by atoms with Crippen LogP contribution in [0.2, 0.25) is 0 Å². The maximum atomic E-state index is 14.1. The predicted molar refractivity (Wildman–Crippen MR) is 71.0 cm³/mol. The van der Waals surface area contributed by atoms with Gasteiger partial charge in [0.2, 0.25) is 0 Å². The Kier molecular flexibility index (Phi) is 3.66. The number of amidine groups is 1. The van der Waals surface area contributed by atoms with Gasteiger partial charge in [0, 0.05) is 18.7 Å². The Bertz CT molecular complexity index is 458. The summed E-state index contributed by atoms with van der Waals surface area (Å²) in [5.41, 5.74) is 6.16. The SMILES string of the molecule is CC1CC1CN(C)Cc1cccc(C(=N)N)c1F. The van der Waals surface area contributed by atoms with Crippen LogP contribution in [-0.2, 0) is 6.54 Å². The van der Waals surface area contributed by atoms with Gasteiger partial charge in [-0.25, -0.2) is 4.39 Å². The maximum Gasteiger partial charge on any atom is 0.138 e. The van der Waals surface area contributed by atoms with Gasteiger partial charge in [-0.15, -0.1) is 0 Å². The number of hydrogen-bond acceptors (Lipinski definition) is 2. The van der Waals surface area contributed by atoms with Gasteiger partial charge in [0.1, 0.15) is 11.7 Å². The van der Waals surface area contributed by atoms with Gasteiger partial charge in [-0.05, 0) is 31.4 Å². The second kappa shape index (κ2) is 5.06. The van der Waals surface area contributed by atoms with Crippen molar-refractivity contribution in [3.63, 3.8) is 0 Å². The Morgan fingerprint density at radius 3 is 2.78 bits per heavy atom. The molecule has 1 saturated carbocycles. The summed E-state index contributed by atoms with van der Waals surface area (Å²) in [6.07, 6.45) is 1.28. The lowest BCUT2D eigenvalue weighted by atomic mass is 10.1. The molecule has 1 aliphatic rings. The minimum Gasteiger partial charge on any atom is -0.384 e. The molecule has 1 aliphatic carbocycles. The maximum absolute atomic E-state index is 14.1. The normalized spacial score (nSPS) is 22.2. The van der Waals surface area contributed by atoms with Crippen LogP contribution in [0.25, 0.3) is 0 Å². The van der Waals surface area contributed by atoms with E-state index in [1.165, 1.54) is 6.42 Å². The lowest BCUT2D eigenvalue weighted by Crippen LogP contribution is -2.22. The summed E-state index contributed by atoms with van der Waals surface area (Å²) in [4.78, 5) is 2.14. The molecule has 2 unspecified atom stereocenters. The fourth-order valence-electron chi connectivity index (χ4n) is 2.32. The van der Waals surface area contributed by atoms with Crippen LogP contribution in [0, 0.1) is 23.1 Å². The van der Waals surface area contributed by atoms with E-state index in [2.05, 4.69) is 11.8 Å². The number of halogens is 1. The highest BCUT2D eigenvalue weighted by molar-refractivity contribution is 5.95. The third-order valence-corrected chi connectivity index (χ3v) is 3.63. The number of nitrogens with one attached hydrogen (secondary N) is 1. The van der Waals surface area contributed by atoms with Gasteiger partial charge in [-0.1, -0.05) is 19.1 Å². The summed E-state index contributed by atoms with van der Waals surface area (Å²) < 4.78 is 14.1. The monoisotopic (exact) mass is 249 g/mol. The second-order valence-electron chi connectivity index (χ2n) is 5.36. The minimum absolute atomic E-state index is 0.195. The van der Waals surface area contributed by atoms with Crippen LogP contribution < -0.4 is 5.73 Å². The van der Waals surface area contributed by atoms with Crippen molar-refractivity contribution in [2.45, 2.75) is 19.9 Å². The Labute approximate surface area is 107 Å². The van der Waals surface area contributed by atoms with Crippen molar-refractivity contribution in [3.8, 4) is 0 Å². The van der Waals surface area contributed by atoms with Crippen molar-refractivity contribution in [1.29, 1.82) is 5.41 Å². The van der Waals surface area contributed by atoms with Crippen LogP contribution >= 0.6 is 0 Å². The van der Waals surface area contributed by atoms with Gasteiger partial charge < -0.3 is 10.6 Å². The molecule has 0 spiro atoms. The smallest absolute Gasteiger partial charge is 0.138 e. The molecule has 0 radical (unpaired) electrons. The second-order valence-corrected chi connectivity index (χ2v) is 5.36. The summed E-state index contributed by atoms with van der Waals surface area (Å²) in [7, 11) is 2.00. The van der Waals surface area contributed by atoms with E-state index >= 15 is 0 Å². The quantitative estimate of drug-likeness (QED) is 0.621. The fourth-order valence-corrected chi connectivity index (χ4v) is 2.32. The zero-order chi connectivity index (χ0) is 13.3. The first-order valence-electron chi connectivity index (χ1n) is 6.29. The fraction of sp³-hybridized carbons (Fsp3) is 0.500. The number of nitrogen functional groups attached to an aromatic ring is 1. The molecule has 18 heavy (non-hydrogen) atoms. The standard InChI is InChI=1S/C14H20FN3/c1-9-6-11(9)8-18(2)7-10-4-3-5-12(13(10)15)14(16)17/h3-5,9,11H,6-8H2,1-2H3,(H3,16,17). The highest BCUT2D eigenvalue weighted by atomic mass is 19.1. The van der Waals surface area contributed by atoms with Crippen molar-refractivity contribution in [3.05, 3.63) is 35.1 Å². The molecule has 1 aromatic carbocycles. The van der Waals surface area contributed by atoms with Gasteiger partial charge >= 0.3 is 0 Å². The Balaban J connectivity index is 2.04. The lowest BCUT2D eigenvalue weighted by molar-refractivity contribution is 0.303. The van der Waals surface area contributed by atoms with E-state index in [4.69, 9.17) is 11.1 Å². The first-order valence-corrected chi connectivity index (χ1v) is 6.29. The van der Waals surface area contributed by atoms with Crippen molar-refractivity contribution in [2.75, 3.05) is 13.6 Å². The molecular formula is C14H20FN3. The van der Waals surface area contributed by atoms with Crippen molar-refractivity contribution in [2.24, 2.45) is 17.6 Å².